The van der Waals surface area contributed by atoms with Crippen LogP contribution in [0.5, 0.6) is 17.2 Å². The zero-order valence-electron chi connectivity index (χ0n) is 14.4. The molecule has 0 spiro atoms. The summed E-state index contributed by atoms with van der Waals surface area (Å²) in [7, 11) is 2.69. The van der Waals surface area contributed by atoms with Crippen LogP contribution in [0.2, 0.25) is 0 Å². The van der Waals surface area contributed by atoms with Gasteiger partial charge >= 0.3 is 5.97 Å². The van der Waals surface area contributed by atoms with Crippen molar-refractivity contribution in [3.05, 3.63) is 52.1 Å². The highest BCUT2D eigenvalue weighted by atomic mass is 16.6. The van der Waals surface area contributed by atoms with E-state index >= 15 is 0 Å². The van der Waals surface area contributed by atoms with Gasteiger partial charge < -0.3 is 24.6 Å². The highest BCUT2D eigenvalue weighted by Gasteiger charge is 2.17. The molecule has 2 aromatic carbocycles. The maximum absolute atomic E-state index is 12.0. The van der Waals surface area contributed by atoms with Crippen LogP contribution in [-0.2, 0) is 9.53 Å². The Kier molecular flexibility index (Phi) is 6.15. The number of rotatable bonds is 7. The number of non-ortho nitro benzene ring substituents is 1. The van der Waals surface area contributed by atoms with Gasteiger partial charge in [0.05, 0.1) is 30.9 Å². The number of amides is 1. The molecule has 0 unspecified atom stereocenters. The predicted molar refractivity (Wildman–Crippen MR) is 93.2 cm³/mol. The number of ether oxygens (including phenoxy) is 3. The number of nitrogens with zero attached hydrogens (tertiary/aromatic N) is 1. The Morgan fingerprint density at radius 2 is 1.89 bits per heavy atom. The van der Waals surface area contributed by atoms with Crippen molar-refractivity contribution in [1.82, 2.24) is 0 Å². The van der Waals surface area contributed by atoms with Crippen molar-refractivity contribution in [2.45, 2.75) is 0 Å². The van der Waals surface area contributed by atoms with Crippen molar-refractivity contribution in [3.63, 3.8) is 0 Å². The van der Waals surface area contributed by atoms with Gasteiger partial charge in [-0.05, 0) is 24.3 Å². The number of phenols is 1. The molecule has 0 saturated heterocycles. The van der Waals surface area contributed by atoms with Crippen molar-refractivity contribution in [3.8, 4) is 17.2 Å². The molecular weight excluding hydrogens is 360 g/mol. The second-order valence-corrected chi connectivity index (χ2v) is 5.15. The van der Waals surface area contributed by atoms with Crippen molar-refractivity contribution >= 4 is 23.3 Å². The summed E-state index contributed by atoms with van der Waals surface area (Å²) in [5, 5.41) is 22.9. The number of aromatic hydroxyl groups is 1. The number of carbonyl (C=O) groups is 2. The lowest BCUT2D eigenvalue weighted by Gasteiger charge is -2.11. The molecule has 2 rings (SSSR count). The molecule has 10 nitrogen and oxygen atoms in total. The summed E-state index contributed by atoms with van der Waals surface area (Å²) in [6.45, 7) is -0.643. The molecule has 142 valence electrons. The molecule has 1 amide bonds. The van der Waals surface area contributed by atoms with Crippen LogP contribution in [0.3, 0.4) is 0 Å². The molecule has 2 aromatic rings. The van der Waals surface area contributed by atoms with E-state index in [9.17, 15) is 24.8 Å². The molecule has 0 aliphatic rings. The maximum Gasteiger partial charge on any atom is 0.342 e. The normalized spacial score (nSPS) is 10.0. The van der Waals surface area contributed by atoms with Gasteiger partial charge in [-0.3, -0.25) is 14.9 Å². The highest BCUT2D eigenvalue weighted by molar-refractivity contribution is 5.97. The van der Waals surface area contributed by atoms with Crippen LogP contribution >= 0.6 is 0 Å². The number of methoxy groups -OCH3 is 2. The third-order valence-electron chi connectivity index (χ3n) is 3.43. The van der Waals surface area contributed by atoms with Gasteiger partial charge in [0.1, 0.15) is 22.8 Å². The molecule has 0 heterocycles. The van der Waals surface area contributed by atoms with Gasteiger partial charge in [0.25, 0.3) is 11.6 Å². The first-order valence-electron chi connectivity index (χ1n) is 7.52. The Balaban J connectivity index is 2.02. The Labute approximate surface area is 153 Å². The van der Waals surface area contributed by atoms with E-state index in [1.165, 1.54) is 44.6 Å². The zero-order chi connectivity index (χ0) is 20.0. The van der Waals surface area contributed by atoms with Crippen LogP contribution in [0.25, 0.3) is 0 Å². The van der Waals surface area contributed by atoms with Crippen LogP contribution in [0, 0.1) is 10.1 Å². The minimum Gasteiger partial charge on any atom is -0.507 e. The first-order valence-corrected chi connectivity index (χ1v) is 7.52. The molecule has 2 N–H and O–H groups in total. The number of nitro benzene ring substituents is 1. The lowest BCUT2D eigenvalue weighted by molar-refractivity contribution is -0.384. The molecule has 0 saturated carbocycles. The first kappa shape index (κ1) is 19.5. The zero-order valence-corrected chi connectivity index (χ0v) is 14.4. The van der Waals surface area contributed by atoms with Gasteiger partial charge in [-0.15, -0.1) is 0 Å². The van der Waals surface area contributed by atoms with E-state index in [0.717, 1.165) is 6.07 Å². The number of esters is 1. The van der Waals surface area contributed by atoms with E-state index in [1.54, 1.807) is 0 Å². The minimum atomic E-state index is -0.919. The monoisotopic (exact) mass is 376 g/mol. The van der Waals surface area contributed by atoms with Crippen LogP contribution in [0.15, 0.2) is 36.4 Å². The van der Waals surface area contributed by atoms with E-state index in [0.29, 0.717) is 5.75 Å². The summed E-state index contributed by atoms with van der Waals surface area (Å²) in [6.07, 6.45) is 0. The molecule has 0 bridgehead atoms. The van der Waals surface area contributed by atoms with Gasteiger partial charge in [0.15, 0.2) is 6.61 Å². The smallest absolute Gasteiger partial charge is 0.342 e. The van der Waals surface area contributed by atoms with E-state index in [2.05, 4.69) is 5.32 Å². The Bertz CT molecular complexity index is 881. The Hall–Kier alpha value is -3.82. The fraction of sp³-hybridized carbons (Fsp3) is 0.176. The van der Waals surface area contributed by atoms with Gasteiger partial charge in [-0.25, -0.2) is 4.79 Å². The van der Waals surface area contributed by atoms with Gasteiger partial charge in [0, 0.05) is 6.07 Å². The first-order chi connectivity index (χ1) is 12.8. The van der Waals surface area contributed by atoms with Crippen molar-refractivity contribution in [2.24, 2.45) is 0 Å². The minimum absolute atomic E-state index is 0.0781. The number of carbonyl (C=O) groups excluding carboxylic acids is 2. The number of benzene rings is 2. The molecule has 0 fully saturated rings. The number of nitrogens with one attached hydrogen (secondary N) is 1. The van der Waals surface area contributed by atoms with E-state index in [-0.39, 0.29) is 28.4 Å². The third-order valence-corrected chi connectivity index (χ3v) is 3.43. The molecular formula is C17H16N2O8. The van der Waals surface area contributed by atoms with Crippen molar-refractivity contribution in [1.29, 1.82) is 0 Å². The van der Waals surface area contributed by atoms with Gasteiger partial charge in [-0.1, -0.05) is 0 Å². The summed E-state index contributed by atoms with van der Waals surface area (Å²) < 4.78 is 14.8. The van der Waals surface area contributed by atoms with Crippen molar-refractivity contribution < 1.29 is 33.8 Å². The largest absolute Gasteiger partial charge is 0.507 e. The molecule has 27 heavy (non-hydrogen) atoms. The fourth-order valence-corrected chi connectivity index (χ4v) is 2.10. The van der Waals surface area contributed by atoms with E-state index in [1.807, 2.05) is 0 Å². The molecule has 0 aromatic heterocycles. The molecule has 0 aliphatic carbocycles. The highest BCUT2D eigenvalue weighted by Crippen LogP contribution is 2.29. The van der Waals surface area contributed by atoms with E-state index < -0.39 is 23.4 Å². The van der Waals surface area contributed by atoms with Gasteiger partial charge in [-0.2, -0.15) is 0 Å². The van der Waals surface area contributed by atoms with Crippen LogP contribution < -0.4 is 14.8 Å². The summed E-state index contributed by atoms with van der Waals surface area (Å²) in [4.78, 5) is 34.2. The predicted octanol–water partition coefficient (Wildman–Crippen LogP) is 2.11. The number of anilines is 1. The van der Waals surface area contributed by atoms with Crippen molar-refractivity contribution in [2.75, 3.05) is 26.1 Å². The average molecular weight is 376 g/mol. The third kappa shape index (κ3) is 4.84. The summed E-state index contributed by atoms with van der Waals surface area (Å²) >= 11 is 0. The van der Waals surface area contributed by atoms with Crippen LogP contribution in [0.1, 0.15) is 10.4 Å². The molecule has 0 radical (unpaired) electrons. The van der Waals surface area contributed by atoms with Crippen LogP contribution in [-0.4, -0.2) is 42.7 Å². The average Bonchev–Trinajstić information content (AvgIpc) is 2.66. The SMILES string of the molecule is COc1ccc(O)c(C(=O)OCC(=O)Nc2ccc([N+](=O)[O-])cc2OC)c1. The topological polar surface area (TPSA) is 137 Å². The lowest BCUT2D eigenvalue weighted by Crippen LogP contribution is -2.21. The summed E-state index contributed by atoms with van der Waals surface area (Å²) in [5.74, 6) is -1.53. The fourth-order valence-electron chi connectivity index (χ4n) is 2.10. The number of phenolic OH excluding ortho intramolecular Hbond substituents is 1. The molecule has 0 aliphatic heterocycles. The summed E-state index contributed by atoms with van der Waals surface area (Å²) in [6, 6.07) is 7.63. The molecule has 10 heteroatoms. The quantitative estimate of drug-likeness (QED) is 0.426. The maximum atomic E-state index is 12.0. The van der Waals surface area contributed by atoms with E-state index in [4.69, 9.17) is 14.2 Å². The molecule has 0 atom stereocenters. The number of hydrogen-bond acceptors (Lipinski definition) is 8. The number of nitro groups is 1. The number of hydrogen-bond donors (Lipinski definition) is 2. The van der Waals surface area contributed by atoms with Gasteiger partial charge in [0.2, 0.25) is 0 Å². The Morgan fingerprint density at radius 1 is 1.15 bits per heavy atom. The Morgan fingerprint density at radius 3 is 2.52 bits per heavy atom. The van der Waals surface area contributed by atoms with Crippen LogP contribution in [0.4, 0.5) is 11.4 Å². The second-order valence-electron chi connectivity index (χ2n) is 5.15. The standard InChI is InChI=1S/C17H16N2O8/c1-25-11-4-6-14(20)12(8-11)17(22)27-9-16(21)18-13-5-3-10(19(23)24)7-15(13)26-2/h3-8,20H,9H2,1-2H3,(H,18,21). The second kappa shape index (κ2) is 8.52. The summed E-state index contributed by atoms with van der Waals surface area (Å²) in [5.41, 5.74) is -0.187. The lowest BCUT2D eigenvalue weighted by atomic mass is 10.2.